The number of nitrogens with zero attached hydrogens (tertiary/aromatic N) is 1. The van der Waals surface area contributed by atoms with Crippen molar-refractivity contribution in [1.29, 1.82) is 0 Å². The molecule has 4 rings (SSSR count). The molecule has 0 saturated carbocycles. The van der Waals surface area contributed by atoms with Gasteiger partial charge >= 0.3 is 0 Å². The monoisotopic (exact) mass is 506 g/mol. The van der Waals surface area contributed by atoms with E-state index in [1.54, 1.807) is 55.7 Å². The zero-order valence-electron chi connectivity index (χ0n) is 19.0. The summed E-state index contributed by atoms with van der Waals surface area (Å²) in [7, 11) is 3.07. The number of thioether (sulfide) groups is 1. The van der Waals surface area contributed by atoms with Crippen LogP contribution in [0.4, 0.5) is 0 Å². The topological polar surface area (TPSA) is 77.1 Å². The number of carbonyl (C=O) groups excluding carboxylic acids is 2. The second-order valence-electron chi connectivity index (χ2n) is 7.34. The van der Waals surface area contributed by atoms with E-state index >= 15 is 0 Å². The molecule has 1 heterocycles. The Morgan fingerprint density at radius 2 is 1.74 bits per heavy atom. The first-order chi connectivity index (χ1) is 17.0. The first kappa shape index (κ1) is 24.3. The smallest absolute Gasteiger partial charge is 0.285 e. The molecule has 35 heavy (non-hydrogen) atoms. The van der Waals surface area contributed by atoms with E-state index in [-0.39, 0.29) is 4.32 Å². The number of rotatable bonds is 8. The molecule has 1 aliphatic heterocycles. The van der Waals surface area contributed by atoms with Crippen LogP contribution < -0.4 is 19.6 Å². The van der Waals surface area contributed by atoms with Gasteiger partial charge in [-0.05, 0) is 54.2 Å². The second kappa shape index (κ2) is 11.1. The predicted molar refractivity (Wildman–Crippen MR) is 139 cm³/mol. The van der Waals surface area contributed by atoms with Crippen molar-refractivity contribution in [3.63, 3.8) is 0 Å². The summed E-state index contributed by atoms with van der Waals surface area (Å²) in [4.78, 5) is 26.1. The fraction of sp³-hybridized carbons (Fsp3) is 0.115. The van der Waals surface area contributed by atoms with Gasteiger partial charge in [0.25, 0.3) is 11.8 Å². The highest BCUT2D eigenvalue weighted by Gasteiger charge is 2.34. The fourth-order valence-corrected chi connectivity index (χ4v) is 4.51. The van der Waals surface area contributed by atoms with Gasteiger partial charge in [-0.2, -0.15) is 5.01 Å². The molecule has 0 spiro atoms. The number of hydrazine groups is 1. The largest absolute Gasteiger partial charge is 0.493 e. The molecule has 1 aliphatic rings. The molecule has 0 aromatic heterocycles. The van der Waals surface area contributed by atoms with Gasteiger partial charge in [-0.3, -0.25) is 15.0 Å². The Labute approximate surface area is 212 Å². The maximum atomic E-state index is 13.0. The van der Waals surface area contributed by atoms with Gasteiger partial charge in [0.05, 0.1) is 19.1 Å². The van der Waals surface area contributed by atoms with Crippen molar-refractivity contribution >= 4 is 46.2 Å². The normalized spacial score (nSPS) is 14.2. The van der Waals surface area contributed by atoms with E-state index < -0.39 is 11.8 Å². The molecular formula is C26H22N2O5S2. The third-order valence-corrected chi connectivity index (χ3v) is 6.39. The van der Waals surface area contributed by atoms with Crippen LogP contribution in [-0.4, -0.2) is 35.4 Å². The minimum absolute atomic E-state index is 0.222. The number of nitrogens with one attached hydrogen (secondary N) is 1. The summed E-state index contributed by atoms with van der Waals surface area (Å²) in [5, 5.41) is 1.07. The maximum absolute atomic E-state index is 13.0. The summed E-state index contributed by atoms with van der Waals surface area (Å²) >= 11 is 6.42. The first-order valence-corrected chi connectivity index (χ1v) is 11.8. The average molecular weight is 507 g/mol. The minimum Gasteiger partial charge on any atom is -0.493 e. The second-order valence-corrected chi connectivity index (χ2v) is 9.02. The molecule has 9 heteroatoms. The maximum Gasteiger partial charge on any atom is 0.285 e. The van der Waals surface area contributed by atoms with Gasteiger partial charge in [-0.15, -0.1) is 0 Å². The molecule has 1 N–H and O–H groups in total. The van der Waals surface area contributed by atoms with Crippen molar-refractivity contribution in [2.45, 2.75) is 6.61 Å². The van der Waals surface area contributed by atoms with Crippen molar-refractivity contribution < 1.29 is 23.8 Å². The molecule has 3 aromatic rings. The third kappa shape index (κ3) is 5.64. The third-order valence-electron chi connectivity index (χ3n) is 5.09. The molecule has 0 unspecified atom stereocenters. The van der Waals surface area contributed by atoms with Crippen molar-refractivity contribution in [3.05, 3.63) is 94.4 Å². The lowest BCUT2D eigenvalue weighted by Gasteiger charge is -2.16. The van der Waals surface area contributed by atoms with Crippen molar-refractivity contribution in [2.75, 3.05) is 14.2 Å². The number of para-hydroxylation sites is 1. The summed E-state index contributed by atoms with van der Waals surface area (Å²) in [5.41, 5.74) is 4.65. The Hall–Kier alpha value is -3.82. The fourth-order valence-electron chi connectivity index (χ4n) is 3.34. The lowest BCUT2D eigenvalue weighted by atomic mass is 10.1. The van der Waals surface area contributed by atoms with Gasteiger partial charge in [-0.25, -0.2) is 0 Å². The summed E-state index contributed by atoms with van der Waals surface area (Å²) in [6.07, 6.45) is 1.66. The number of ether oxygens (including phenoxy) is 3. The highest BCUT2D eigenvalue weighted by atomic mass is 32.2. The molecule has 0 radical (unpaired) electrons. The Morgan fingerprint density at radius 3 is 2.43 bits per heavy atom. The molecule has 0 aliphatic carbocycles. The lowest BCUT2D eigenvalue weighted by molar-refractivity contribution is -0.123. The van der Waals surface area contributed by atoms with E-state index in [1.807, 2.05) is 30.3 Å². The van der Waals surface area contributed by atoms with Crippen LogP contribution in [0.15, 0.2) is 77.7 Å². The summed E-state index contributed by atoms with van der Waals surface area (Å²) in [6.45, 7) is 0.424. The van der Waals surface area contributed by atoms with Crippen molar-refractivity contribution in [1.82, 2.24) is 10.4 Å². The van der Waals surface area contributed by atoms with Crippen LogP contribution >= 0.6 is 24.0 Å². The Bertz CT molecular complexity index is 1280. The van der Waals surface area contributed by atoms with E-state index in [2.05, 4.69) is 5.43 Å². The summed E-state index contributed by atoms with van der Waals surface area (Å²) in [6, 6.07) is 21.8. The molecule has 0 atom stereocenters. The van der Waals surface area contributed by atoms with Crippen LogP contribution in [0.2, 0.25) is 0 Å². The molecule has 1 fully saturated rings. The molecule has 0 bridgehead atoms. The molecule has 1 saturated heterocycles. The SMILES string of the molecule is COc1cccc(/C=C2/SC(=S)N(NC(=O)c3ccc(OCc4ccccc4)cc3)C2=O)c1OC. The van der Waals surface area contributed by atoms with Gasteiger partial charge in [0, 0.05) is 11.1 Å². The highest BCUT2D eigenvalue weighted by Crippen LogP contribution is 2.36. The number of hydrogen-bond donors (Lipinski definition) is 1. The summed E-state index contributed by atoms with van der Waals surface area (Å²) in [5.74, 6) is 0.781. The van der Waals surface area contributed by atoms with Crippen LogP contribution in [0.3, 0.4) is 0 Å². The van der Waals surface area contributed by atoms with Crippen molar-refractivity contribution in [2.24, 2.45) is 0 Å². The average Bonchev–Trinajstić information content (AvgIpc) is 3.15. The van der Waals surface area contributed by atoms with Crippen LogP contribution in [0.5, 0.6) is 17.2 Å². The zero-order chi connectivity index (χ0) is 24.8. The van der Waals surface area contributed by atoms with Gasteiger partial charge < -0.3 is 14.2 Å². The lowest BCUT2D eigenvalue weighted by Crippen LogP contribution is -2.44. The standard InChI is InChI=1S/C26H22N2O5S2/c1-31-21-10-6-9-19(23(21)32-2)15-22-25(30)28(26(34)35-22)27-24(29)18-11-13-20(14-12-18)33-16-17-7-4-3-5-8-17/h3-15H,16H2,1-2H3,(H,27,29)/b22-15+. The highest BCUT2D eigenvalue weighted by molar-refractivity contribution is 8.26. The number of benzene rings is 3. The van der Waals surface area contributed by atoms with Crippen LogP contribution in [0, 0.1) is 0 Å². The Balaban J connectivity index is 1.42. The van der Waals surface area contributed by atoms with Gasteiger partial charge in [0.2, 0.25) is 0 Å². The van der Waals surface area contributed by atoms with E-state index in [4.69, 9.17) is 26.4 Å². The van der Waals surface area contributed by atoms with Crippen LogP contribution in [0.1, 0.15) is 21.5 Å². The van der Waals surface area contributed by atoms with E-state index in [1.165, 1.54) is 7.11 Å². The van der Waals surface area contributed by atoms with E-state index in [0.29, 0.717) is 39.9 Å². The van der Waals surface area contributed by atoms with Gasteiger partial charge in [-0.1, -0.05) is 54.2 Å². The van der Waals surface area contributed by atoms with E-state index in [9.17, 15) is 9.59 Å². The molecular weight excluding hydrogens is 484 g/mol. The Kier molecular flexibility index (Phi) is 7.69. The first-order valence-electron chi connectivity index (χ1n) is 10.6. The molecule has 3 aromatic carbocycles. The molecule has 7 nitrogen and oxygen atoms in total. The van der Waals surface area contributed by atoms with Crippen LogP contribution in [0.25, 0.3) is 6.08 Å². The summed E-state index contributed by atoms with van der Waals surface area (Å²) < 4.78 is 16.7. The van der Waals surface area contributed by atoms with Gasteiger partial charge in [0.1, 0.15) is 12.4 Å². The minimum atomic E-state index is -0.462. The van der Waals surface area contributed by atoms with E-state index in [0.717, 1.165) is 22.3 Å². The van der Waals surface area contributed by atoms with Crippen LogP contribution in [-0.2, 0) is 11.4 Å². The van der Waals surface area contributed by atoms with Gasteiger partial charge in [0.15, 0.2) is 15.8 Å². The number of thiocarbonyl (C=S) groups is 1. The zero-order valence-corrected chi connectivity index (χ0v) is 20.7. The number of carbonyl (C=O) groups is 2. The number of amides is 2. The van der Waals surface area contributed by atoms with Crippen molar-refractivity contribution in [3.8, 4) is 17.2 Å². The number of hydrogen-bond acceptors (Lipinski definition) is 7. The molecule has 178 valence electrons. The molecule has 2 amide bonds. The quantitative estimate of drug-likeness (QED) is 0.346. The predicted octanol–water partition coefficient (Wildman–Crippen LogP) is 4.83. The Morgan fingerprint density at radius 1 is 1.00 bits per heavy atom. The number of methoxy groups -OCH3 is 2.